The molecule has 0 aromatic heterocycles. The smallest absolute Gasteiger partial charge is 0.375 e. The lowest BCUT2D eigenvalue weighted by Gasteiger charge is -2.20. The zero-order valence-corrected chi connectivity index (χ0v) is 16.4. The Morgan fingerprint density at radius 3 is 1.91 bits per heavy atom. The van der Waals surface area contributed by atoms with Crippen LogP contribution in [-0.4, -0.2) is 9.79 Å². The first-order valence-electron chi connectivity index (χ1n) is 8.81. The number of hydrogen-bond donors (Lipinski definition) is 2. The molecule has 0 aliphatic carbocycles. The molecule has 0 radical (unpaired) electrons. The summed E-state index contributed by atoms with van der Waals surface area (Å²) in [4.78, 5) is 19.1. The van der Waals surface area contributed by atoms with Crippen LogP contribution in [0.1, 0.15) is 76.0 Å². The topological polar surface area (TPSA) is 49.7 Å². The van der Waals surface area contributed by atoms with Crippen LogP contribution in [0.2, 0.25) is 0 Å². The second-order valence-electron chi connectivity index (χ2n) is 6.07. The lowest BCUT2D eigenvalue weighted by atomic mass is 9.90. The molecule has 0 atom stereocenters. The molecule has 1 aromatic carbocycles. The van der Waals surface area contributed by atoms with Crippen molar-refractivity contribution in [3.05, 3.63) is 28.8 Å². The van der Waals surface area contributed by atoms with Gasteiger partial charge < -0.3 is 14.3 Å². The van der Waals surface area contributed by atoms with E-state index in [-0.39, 0.29) is 0 Å². The van der Waals surface area contributed by atoms with Crippen molar-refractivity contribution in [1.82, 2.24) is 0 Å². The number of rotatable bonds is 11. The van der Waals surface area contributed by atoms with Gasteiger partial charge in [-0.15, -0.1) is 0 Å². The van der Waals surface area contributed by atoms with Crippen LogP contribution in [-0.2, 0) is 31.1 Å². The highest BCUT2D eigenvalue weighted by atomic mass is 32.5. The highest BCUT2D eigenvalue weighted by Crippen LogP contribution is 2.41. The minimum absolute atomic E-state index is 0.568. The molecule has 0 unspecified atom stereocenters. The van der Waals surface area contributed by atoms with E-state index in [1.165, 1.54) is 24.0 Å². The van der Waals surface area contributed by atoms with Crippen molar-refractivity contribution < 1.29 is 14.3 Å². The first kappa shape index (κ1) is 20.6. The van der Waals surface area contributed by atoms with Crippen LogP contribution in [0.25, 0.3) is 0 Å². The van der Waals surface area contributed by atoms with Gasteiger partial charge in [0.15, 0.2) is 0 Å². The Labute approximate surface area is 146 Å². The highest BCUT2D eigenvalue weighted by molar-refractivity contribution is 8.06. The van der Waals surface area contributed by atoms with Crippen molar-refractivity contribution >= 4 is 18.5 Å². The number of aryl methyl sites for hydroxylation is 1. The van der Waals surface area contributed by atoms with E-state index in [4.69, 9.17) is 4.52 Å². The van der Waals surface area contributed by atoms with Gasteiger partial charge >= 0.3 is 6.72 Å². The Morgan fingerprint density at radius 1 is 0.870 bits per heavy atom. The summed E-state index contributed by atoms with van der Waals surface area (Å²) in [7, 11) is 0. The van der Waals surface area contributed by atoms with Crippen LogP contribution >= 0.6 is 6.72 Å². The van der Waals surface area contributed by atoms with E-state index >= 15 is 0 Å². The summed E-state index contributed by atoms with van der Waals surface area (Å²) in [5.74, 6) is 0.568. The van der Waals surface area contributed by atoms with Gasteiger partial charge in [0, 0.05) is 11.8 Å². The van der Waals surface area contributed by atoms with Crippen LogP contribution in [0, 0.1) is 0 Å². The molecule has 0 aliphatic rings. The predicted molar refractivity (Wildman–Crippen MR) is 102 cm³/mol. The lowest BCUT2D eigenvalue weighted by Crippen LogP contribution is -2.05. The van der Waals surface area contributed by atoms with Gasteiger partial charge in [-0.1, -0.05) is 46.1 Å². The number of unbranched alkanes of at least 4 members (excludes halogenated alkanes) is 3. The van der Waals surface area contributed by atoms with Crippen molar-refractivity contribution in [2.75, 3.05) is 0 Å². The van der Waals surface area contributed by atoms with Gasteiger partial charge in [-0.2, -0.15) is 0 Å². The summed E-state index contributed by atoms with van der Waals surface area (Å²) in [6, 6.07) is 3.95. The van der Waals surface area contributed by atoms with Gasteiger partial charge in [-0.3, -0.25) is 0 Å². The highest BCUT2D eigenvalue weighted by Gasteiger charge is 2.18. The van der Waals surface area contributed by atoms with E-state index < -0.39 is 6.72 Å². The summed E-state index contributed by atoms with van der Waals surface area (Å²) in [5, 5.41) is 0. The SMILES string of the molecule is CCCCc1ccc(OP(O)(O)=S)c(CCCC)c1CCCC. The first-order valence-corrected chi connectivity index (χ1v) is 11.4. The summed E-state index contributed by atoms with van der Waals surface area (Å²) in [6.07, 6.45) is 9.77. The molecule has 0 saturated carbocycles. The average molecular weight is 358 g/mol. The standard InChI is InChI=1S/C18H31O3PS/c1-4-7-10-15-13-14-18(21-22(19,20)23)17(12-9-6-3)16(15)11-8-5-2/h13-14H,4-12H2,1-3H3,(H2,19,20,23). The molecule has 23 heavy (non-hydrogen) atoms. The summed E-state index contributed by atoms with van der Waals surface area (Å²) in [5.41, 5.74) is 3.85. The number of hydrogen-bond acceptors (Lipinski definition) is 2. The molecule has 2 N–H and O–H groups in total. The zero-order chi connectivity index (χ0) is 17.3. The van der Waals surface area contributed by atoms with E-state index in [1.807, 2.05) is 6.07 Å². The van der Waals surface area contributed by atoms with Crippen LogP contribution < -0.4 is 4.52 Å². The van der Waals surface area contributed by atoms with Crippen molar-refractivity contribution in [1.29, 1.82) is 0 Å². The molecule has 132 valence electrons. The van der Waals surface area contributed by atoms with Crippen LogP contribution in [0.3, 0.4) is 0 Å². The molecule has 1 rings (SSSR count). The quantitative estimate of drug-likeness (QED) is 0.527. The first-order chi connectivity index (χ1) is 10.9. The molecular weight excluding hydrogens is 327 g/mol. The van der Waals surface area contributed by atoms with E-state index in [9.17, 15) is 9.79 Å². The minimum Gasteiger partial charge on any atom is -0.424 e. The van der Waals surface area contributed by atoms with Crippen LogP contribution in [0.15, 0.2) is 12.1 Å². The fraction of sp³-hybridized carbons (Fsp3) is 0.667. The molecule has 0 heterocycles. The molecule has 3 nitrogen and oxygen atoms in total. The third-order valence-corrected chi connectivity index (χ3v) is 4.72. The predicted octanol–water partition coefficient (Wildman–Crippen LogP) is 5.30. The Hall–Kier alpha value is -0.410. The summed E-state index contributed by atoms with van der Waals surface area (Å²) in [6.45, 7) is 2.86. The molecule has 0 amide bonds. The molecule has 0 aliphatic heterocycles. The second-order valence-corrected chi connectivity index (χ2v) is 8.66. The largest absolute Gasteiger partial charge is 0.424 e. The second kappa shape index (κ2) is 10.5. The van der Waals surface area contributed by atoms with Gasteiger partial charge in [-0.05, 0) is 61.3 Å². The normalized spacial score (nSPS) is 11.7. The molecule has 0 bridgehead atoms. The van der Waals surface area contributed by atoms with Crippen molar-refractivity contribution in [3.63, 3.8) is 0 Å². The van der Waals surface area contributed by atoms with Crippen molar-refractivity contribution in [2.45, 2.75) is 78.6 Å². The van der Waals surface area contributed by atoms with Gasteiger partial charge in [0.05, 0.1) is 0 Å². The third kappa shape index (κ3) is 7.34. The Morgan fingerprint density at radius 2 is 1.39 bits per heavy atom. The minimum atomic E-state index is -3.70. The average Bonchev–Trinajstić information content (AvgIpc) is 2.49. The van der Waals surface area contributed by atoms with Crippen LogP contribution in [0.5, 0.6) is 5.75 Å². The molecule has 0 saturated heterocycles. The number of benzene rings is 1. The Kier molecular flexibility index (Phi) is 9.38. The van der Waals surface area contributed by atoms with E-state index in [1.54, 1.807) is 0 Å². The zero-order valence-electron chi connectivity index (χ0n) is 14.7. The summed E-state index contributed by atoms with van der Waals surface area (Å²) >= 11 is 4.67. The maximum atomic E-state index is 9.56. The van der Waals surface area contributed by atoms with Crippen LogP contribution in [0.4, 0.5) is 0 Å². The van der Waals surface area contributed by atoms with E-state index in [2.05, 4.69) is 38.6 Å². The molecule has 0 spiro atoms. The van der Waals surface area contributed by atoms with Gasteiger partial charge in [0.1, 0.15) is 5.75 Å². The summed E-state index contributed by atoms with van der Waals surface area (Å²) < 4.78 is 5.35. The molecular formula is C18H31O3PS. The van der Waals surface area contributed by atoms with Crippen molar-refractivity contribution in [2.24, 2.45) is 0 Å². The molecule has 5 heteroatoms. The van der Waals surface area contributed by atoms with E-state index in [0.717, 1.165) is 50.5 Å². The van der Waals surface area contributed by atoms with Crippen molar-refractivity contribution in [3.8, 4) is 5.75 Å². The maximum Gasteiger partial charge on any atom is 0.375 e. The Bertz CT molecular complexity index is 525. The van der Waals surface area contributed by atoms with Gasteiger partial charge in [0.25, 0.3) is 0 Å². The van der Waals surface area contributed by atoms with Gasteiger partial charge in [-0.25, -0.2) is 0 Å². The van der Waals surface area contributed by atoms with Gasteiger partial charge in [0.2, 0.25) is 0 Å². The fourth-order valence-electron chi connectivity index (χ4n) is 2.83. The Balaban J connectivity index is 3.26. The monoisotopic (exact) mass is 358 g/mol. The van der Waals surface area contributed by atoms with E-state index in [0.29, 0.717) is 5.75 Å². The molecule has 1 aromatic rings. The fourth-order valence-corrected chi connectivity index (χ4v) is 3.50. The maximum absolute atomic E-state index is 9.56. The third-order valence-electron chi connectivity index (χ3n) is 4.06. The lowest BCUT2D eigenvalue weighted by molar-refractivity contribution is 0.368. The molecule has 0 fully saturated rings.